The van der Waals surface area contributed by atoms with Crippen LogP contribution in [0.25, 0.3) is 33.3 Å². The Labute approximate surface area is 139 Å². The summed E-state index contributed by atoms with van der Waals surface area (Å²) in [6.07, 6.45) is 0. The van der Waals surface area contributed by atoms with Crippen LogP contribution in [-0.2, 0) is 0 Å². The molecule has 24 heavy (non-hydrogen) atoms. The van der Waals surface area contributed by atoms with Crippen molar-refractivity contribution in [1.82, 2.24) is 15.0 Å². The van der Waals surface area contributed by atoms with E-state index in [0.717, 1.165) is 16.7 Å². The molecule has 4 aromatic rings. The quantitative estimate of drug-likeness (QED) is 0.591. The van der Waals surface area contributed by atoms with Crippen LogP contribution in [0.4, 0.5) is 11.9 Å². The first-order valence-electron chi connectivity index (χ1n) is 7.56. The van der Waals surface area contributed by atoms with E-state index < -0.39 is 0 Å². The molecule has 0 amide bonds. The highest BCUT2D eigenvalue weighted by atomic mass is 15.1. The van der Waals surface area contributed by atoms with Crippen LogP contribution in [-0.4, -0.2) is 15.0 Å². The Morgan fingerprint density at radius 2 is 1.12 bits per heavy atom. The van der Waals surface area contributed by atoms with Gasteiger partial charge in [-0.1, -0.05) is 60.7 Å². The molecule has 4 rings (SSSR count). The number of aromatic nitrogens is 3. The van der Waals surface area contributed by atoms with Gasteiger partial charge in [-0.3, -0.25) is 0 Å². The average molecular weight is 313 g/mol. The third kappa shape index (κ3) is 2.63. The van der Waals surface area contributed by atoms with Crippen LogP contribution < -0.4 is 11.5 Å². The lowest BCUT2D eigenvalue weighted by atomic mass is 10.0. The van der Waals surface area contributed by atoms with Crippen molar-refractivity contribution in [3.63, 3.8) is 0 Å². The summed E-state index contributed by atoms with van der Waals surface area (Å²) < 4.78 is 0. The van der Waals surface area contributed by atoms with E-state index >= 15 is 0 Å². The summed E-state index contributed by atoms with van der Waals surface area (Å²) in [7, 11) is 0. The van der Waals surface area contributed by atoms with Gasteiger partial charge in [0.25, 0.3) is 0 Å². The topological polar surface area (TPSA) is 90.7 Å². The molecular formula is C19H15N5. The highest BCUT2D eigenvalue weighted by Gasteiger charge is 2.06. The summed E-state index contributed by atoms with van der Waals surface area (Å²) in [4.78, 5) is 12.0. The van der Waals surface area contributed by atoms with Gasteiger partial charge < -0.3 is 11.5 Å². The van der Waals surface area contributed by atoms with Gasteiger partial charge in [0.05, 0.1) is 0 Å². The smallest absolute Gasteiger partial charge is 0.225 e. The SMILES string of the molecule is Nc1nc(N)nc(-c2ccc(-c3ccc4ccccc4c3)cc2)n1. The monoisotopic (exact) mass is 313 g/mol. The van der Waals surface area contributed by atoms with Gasteiger partial charge in [0.1, 0.15) is 0 Å². The minimum absolute atomic E-state index is 0.121. The third-order valence-corrected chi connectivity index (χ3v) is 3.90. The number of rotatable bonds is 2. The standard InChI is InChI=1S/C19H15N5/c20-18-22-17(23-19(21)24-18)14-8-5-13(6-9-14)16-10-7-12-3-1-2-4-15(12)11-16/h1-11H,(H4,20,21,22,23,24). The Bertz CT molecular complexity index is 1010. The molecule has 0 radical (unpaired) electrons. The molecule has 0 unspecified atom stereocenters. The average Bonchev–Trinajstić information content (AvgIpc) is 2.61. The van der Waals surface area contributed by atoms with Crippen molar-refractivity contribution < 1.29 is 0 Å². The van der Waals surface area contributed by atoms with Crippen LogP contribution in [0.2, 0.25) is 0 Å². The van der Waals surface area contributed by atoms with E-state index in [2.05, 4.69) is 45.3 Å². The van der Waals surface area contributed by atoms with Crippen molar-refractivity contribution in [2.24, 2.45) is 0 Å². The summed E-state index contributed by atoms with van der Waals surface area (Å²) >= 11 is 0. The lowest BCUT2D eigenvalue weighted by molar-refractivity contribution is 1.09. The molecule has 116 valence electrons. The first kappa shape index (κ1) is 14.1. The van der Waals surface area contributed by atoms with Gasteiger partial charge in [-0.2, -0.15) is 15.0 Å². The number of anilines is 2. The molecule has 1 heterocycles. The summed E-state index contributed by atoms with van der Waals surface area (Å²) in [6, 6.07) is 22.7. The van der Waals surface area contributed by atoms with Gasteiger partial charge in [-0.05, 0) is 28.0 Å². The minimum Gasteiger partial charge on any atom is -0.368 e. The molecule has 0 fully saturated rings. The molecule has 0 atom stereocenters. The normalized spacial score (nSPS) is 10.8. The zero-order valence-electron chi connectivity index (χ0n) is 12.8. The van der Waals surface area contributed by atoms with Crippen molar-refractivity contribution in [2.75, 3.05) is 11.5 Å². The van der Waals surface area contributed by atoms with Crippen molar-refractivity contribution in [3.05, 3.63) is 66.7 Å². The summed E-state index contributed by atoms with van der Waals surface area (Å²) in [5.41, 5.74) is 14.4. The van der Waals surface area contributed by atoms with E-state index in [-0.39, 0.29) is 11.9 Å². The Hall–Kier alpha value is -3.47. The number of fused-ring (bicyclic) bond motifs is 1. The van der Waals surface area contributed by atoms with Crippen LogP contribution >= 0.6 is 0 Å². The second-order valence-electron chi connectivity index (χ2n) is 5.51. The Balaban J connectivity index is 1.72. The zero-order valence-corrected chi connectivity index (χ0v) is 12.8. The number of benzene rings is 3. The van der Waals surface area contributed by atoms with Crippen LogP contribution in [0.5, 0.6) is 0 Å². The van der Waals surface area contributed by atoms with E-state index in [1.54, 1.807) is 0 Å². The number of nitrogen functional groups attached to an aromatic ring is 2. The number of hydrogen-bond acceptors (Lipinski definition) is 5. The van der Waals surface area contributed by atoms with E-state index in [1.807, 2.05) is 36.4 Å². The fourth-order valence-corrected chi connectivity index (χ4v) is 2.72. The highest BCUT2D eigenvalue weighted by molar-refractivity contribution is 5.87. The fourth-order valence-electron chi connectivity index (χ4n) is 2.72. The van der Waals surface area contributed by atoms with Gasteiger partial charge in [0.15, 0.2) is 5.82 Å². The van der Waals surface area contributed by atoms with Crippen molar-refractivity contribution in [3.8, 4) is 22.5 Å². The molecule has 5 heteroatoms. The summed E-state index contributed by atoms with van der Waals surface area (Å²) in [6.45, 7) is 0. The van der Waals surface area contributed by atoms with E-state index in [9.17, 15) is 0 Å². The van der Waals surface area contributed by atoms with Gasteiger partial charge in [-0.25, -0.2) is 0 Å². The van der Waals surface area contributed by atoms with Crippen molar-refractivity contribution >= 4 is 22.7 Å². The largest absolute Gasteiger partial charge is 0.368 e. The molecule has 0 saturated heterocycles. The first-order valence-corrected chi connectivity index (χ1v) is 7.56. The van der Waals surface area contributed by atoms with Gasteiger partial charge >= 0.3 is 0 Å². The fraction of sp³-hybridized carbons (Fsp3) is 0. The predicted molar refractivity (Wildman–Crippen MR) is 97.0 cm³/mol. The second-order valence-corrected chi connectivity index (χ2v) is 5.51. The molecule has 0 bridgehead atoms. The van der Waals surface area contributed by atoms with Gasteiger partial charge in [0, 0.05) is 5.56 Å². The van der Waals surface area contributed by atoms with Crippen LogP contribution in [0.3, 0.4) is 0 Å². The molecule has 5 nitrogen and oxygen atoms in total. The third-order valence-electron chi connectivity index (χ3n) is 3.90. The van der Waals surface area contributed by atoms with Crippen molar-refractivity contribution in [1.29, 1.82) is 0 Å². The Kier molecular flexibility index (Phi) is 3.31. The molecule has 0 spiro atoms. The van der Waals surface area contributed by atoms with Crippen LogP contribution in [0.1, 0.15) is 0 Å². The van der Waals surface area contributed by atoms with E-state index in [4.69, 9.17) is 11.5 Å². The molecular weight excluding hydrogens is 298 g/mol. The predicted octanol–water partition coefficient (Wildman–Crippen LogP) is 3.52. The summed E-state index contributed by atoms with van der Waals surface area (Å²) in [5.74, 6) is 0.720. The number of nitrogens with zero attached hydrogens (tertiary/aromatic N) is 3. The maximum Gasteiger partial charge on any atom is 0.225 e. The van der Waals surface area contributed by atoms with E-state index in [1.165, 1.54) is 10.8 Å². The summed E-state index contributed by atoms with van der Waals surface area (Å²) in [5, 5.41) is 2.45. The molecule has 0 aliphatic heterocycles. The molecule has 4 N–H and O–H groups in total. The van der Waals surface area contributed by atoms with Gasteiger partial charge in [0.2, 0.25) is 11.9 Å². The molecule has 1 aromatic heterocycles. The molecule has 0 saturated carbocycles. The lowest BCUT2D eigenvalue weighted by Gasteiger charge is -2.06. The Morgan fingerprint density at radius 1 is 0.542 bits per heavy atom. The molecule has 0 aliphatic rings. The number of nitrogens with two attached hydrogens (primary N) is 2. The lowest BCUT2D eigenvalue weighted by Crippen LogP contribution is -2.04. The van der Waals surface area contributed by atoms with Gasteiger partial charge in [-0.15, -0.1) is 0 Å². The van der Waals surface area contributed by atoms with Crippen LogP contribution in [0.15, 0.2) is 66.7 Å². The van der Waals surface area contributed by atoms with Crippen molar-refractivity contribution in [2.45, 2.75) is 0 Å². The molecule has 0 aliphatic carbocycles. The maximum atomic E-state index is 5.63. The zero-order chi connectivity index (χ0) is 16.5. The maximum absolute atomic E-state index is 5.63. The van der Waals surface area contributed by atoms with Crippen LogP contribution in [0, 0.1) is 0 Å². The van der Waals surface area contributed by atoms with E-state index in [0.29, 0.717) is 5.82 Å². The second kappa shape index (κ2) is 5.62. The Morgan fingerprint density at radius 3 is 1.83 bits per heavy atom. The minimum atomic E-state index is 0.121. The highest BCUT2D eigenvalue weighted by Crippen LogP contribution is 2.26. The molecule has 3 aromatic carbocycles. The number of hydrogen-bond donors (Lipinski definition) is 2. The first-order chi connectivity index (χ1) is 11.7.